The summed E-state index contributed by atoms with van der Waals surface area (Å²) in [5, 5.41) is 26.5. The lowest BCUT2D eigenvalue weighted by molar-refractivity contribution is 0.130. The molecule has 0 amide bonds. The Morgan fingerprint density at radius 1 is 1.03 bits per heavy atom. The number of ether oxygens (including phenoxy) is 1. The van der Waals surface area contributed by atoms with Gasteiger partial charge in [0.2, 0.25) is 5.88 Å². The number of fused-ring (bicyclic) bond motifs is 3. The Kier molecular flexibility index (Phi) is 4.02. The zero-order valence-electron chi connectivity index (χ0n) is 16.1. The Bertz CT molecular complexity index is 1180. The number of piperidine rings is 1. The quantitative estimate of drug-likeness (QED) is 0.482. The smallest absolute Gasteiger partial charge is 0.233 e. The van der Waals surface area contributed by atoms with Crippen LogP contribution in [0.2, 0.25) is 0 Å². The summed E-state index contributed by atoms with van der Waals surface area (Å²) in [6, 6.07) is 6.16. The molecule has 0 spiro atoms. The van der Waals surface area contributed by atoms with Crippen LogP contribution in [0.25, 0.3) is 33.3 Å². The van der Waals surface area contributed by atoms with Crippen molar-refractivity contribution in [3.8, 4) is 28.3 Å². The monoisotopic (exact) mass is 405 g/mol. The highest BCUT2D eigenvalue weighted by Crippen LogP contribution is 2.36. The standard InChI is InChI=1S/C21H20FN7O/c22-17-7-15(21-16(10-25-29-21)20(17)11-8-23-24-9-11)18-3-4-19(28-27-18)30-14-5-12-1-2-13(6-14)26-12/h3-4,7-10,12-14,26H,1-2,5-6H2,(H,23,24)(H,25,29)/t12-,13+,14?. The molecule has 8 nitrogen and oxygen atoms in total. The van der Waals surface area contributed by atoms with Gasteiger partial charge < -0.3 is 10.1 Å². The number of halogens is 1. The maximum absolute atomic E-state index is 15.0. The minimum Gasteiger partial charge on any atom is -0.473 e. The van der Waals surface area contributed by atoms with Crippen molar-refractivity contribution < 1.29 is 9.13 Å². The number of benzene rings is 1. The van der Waals surface area contributed by atoms with Gasteiger partial charge in [0, 0.05) is 46.4 Å². The predicted octanol–water partition coefficient (Wildman–Crippen LogP) is 3.21. The largest absolute Gasteiger partial charge is 0.473 e. The molecule has 3 aromatic heterocycles. The van der Waals surface area contributed by atoms with E-state index in [0.29, 0.717) is 51.3 Å². The summed E-state index contributed by atoms with van der Waals surface area (Å²) in [5.41, 5.74) is 2.97. The van der Waals surface area contributed by atoms with Crippen molar-refractivity contribution in [1.82, 2.24) is 35.9 Å². The molecule has 0 saturated carbocycles. The van der Waals surface area contributed by atoms with Crippen LogP contribution in [0.5, 0.6) is 5.88 Å². The Hall–Kier alpha value is -3.33. The van der Waals surface area contributed by atoms with Crippen LogP contribution < -0.4 is 10.1 Å². The highest BCUT2D eigenvalue weighted by Gasteiger charge is 2.34. The molecule has 2 saturated heterocycles. The van der Waals surface area contributed by atoms with Crippen LogP contribution >= 0.6 is 0 Å². The fraction of sp³-hybridized carbons (Fsp3) is 0.333. The Morgan fingerprint density at radius 2 is 1.90 bits per heavy atom. The Labute approximate surface area is 171 Å². The van der Waals surface area contributed by atoms with Crippen molar-refractivity contribution in [1.29, 1.82) is 0 Å². The van der Waals surface area contributed by atoms with E-state index in [1.165, 1.54) is 18.9 Å². The highest BCUT2D eigenvalue weighted by atomic mass is 19.1. The lowest BCUT2D eigenvalue weighted by atomic mass is 9.99. The van der Waals surface area contributed by atoms with Crippen molar-refractivity contribution in [2.75, 3.05) is 0 Å². The topological polar surface area (TPSA) is 104 Å². The van der Waals surface area contributed by atoms with Crippen LogP contribution in [0.3, 0.4) is 0 Å². The second kappa shape index (κ2) is 6.88. The van der Waals surface area contributed by atoms with E-state index in [9.17, 15) is 0 Å². The maximum atomic E-state index is 15.0. The van der Waals surface area contributed by atoms with E-state index in [1.807, 2.05) is 6.07 Å². The van der Waals surface area contributed by atoms with Gasteiger partial charge in [-0.05, 0) is 37.8 Å². The Balaban J connectivity index is 1.31. The fourth-order valence-corrected chi connectivity index (χ4v) is 4.76. The molecule has 2 bridgehead atoms. The van der Waals surface area contributed by atoms with Gasteiger partial charge in [-0.1, -0.05) is 0 Å². The SMILES string of the molecule is Fc1cc(-c2ccc(OC3C[C@H]4CC[C@@H](C3)N4)nn2)c2[nH]ncc2c1-c1cn[nH]c1. The number of nitrogens with one attached hydrogen (secondary N) is 3. The number of H-pyrrole nitrogens is 2. The van der Waals surface area contributed by atoms with Gasteiger partial charge in [0.15, 0.2) is 0 Å². The molecule has 6 rings (SSSR count). The summed E-state index contributed by atoms with van der Waals surface area (Å²) in [5.74, 6) is 0.133. The van der Waals surface area contributed by atoms with Gasteiger partial charge >= 0.3 is 0 Å². The van der Waals surface area contributed by atoms with Crippen LogP contribution in [-0.4, -0.2) is 48.8 Å². The van der Waals surface area contributed by atoms with Gasteiger partial charge in [0.05, 0.1) is 23.6 Å². The number of hydrogen-bond donors (Lipinski definition) is 3. The normalized spacial score (nSPS) is 23.2. The van der Waals surface area contributed by atoms with Crippen molar-refractivity contribution in [2.24, 2.45) is 0 Å². The minimum absolute atomic E-state index is 0.162. The Morgan fingerprint density at radius 3 is 2.63 bits per heavy atom. The molecule has 3 atom stereocenters. The predicted molar refractivity (Wildman–Crippen MR) is 108 cm³/mol. The van der Waals surface area contributed by atoms with Gasteiger partial charge in [0.25, 0.3) is 0 Å². The zero-order valence-corrected chi connectivity index (χ0v) is 16.1. The van der Waals surface area contributed by atoms with Crippen molar-refractivity contribution in [3.63, 3.8) is 0 Å². The summed E-state index contributed by atoms with van der Waals surface area (Å²) in [6.45, 7) is 0. The summed E-state index contributed by atoms with van der Waals surface area (Å²) < 4.78 is 21.1. The number of hydrogen-bond acceptors (Lipinski definition) is 6. The number of aromatic nitrogens is 6. The van der Waals surface area contributed by atoms with Crippen LogP contribution in [0.15, 0.2) is 36.8 Å². The molecule has 152 valence electrons. The van der Waals surface area contributed by atoms with Gasteiger partial charge in [-0.3, -0.25) is 10.2 Å². The second-order valence-corrected chi connectivity index (χ2v) is 8.03. The molecule has 1 unspecified atom stereocenters. The van der Waals surface area contributed by atoms with Gasteiger partial charge in [-0.25, -0.2) is 4.39 Å². The molecule has 4 aromatic rings. The zero-order chi connectivity index (χ0) is 20.1. The summed E-state index contributed by atoms with van der Waals surface area (Å²) in [7, 11) is 0. The first-order chi connectivity index (χ1) is 14.7. The number of aromatic amines is 2. The van der Waals surface area contributed by atoms with E-state index in [-0.39, 0.29) is 11.9 Å². The molecule has 1 aromatic carbocycles. The van der Waals surface area contributed by atoms with Crippen molar-refractivity contribution >= 4 is 10.9 Å². The van der Waals surface area contributed by atoms with Crippen LogP contribution in [0, 0.1) is 5.82 Å². The second-order valence-electron chi connectivity index (χ2n) is 8.03. The lowest BCUT2D eigenvalue weighted by Gasteiger charge is -2.28. The van der Waals surface area contributed by atoms with Crippen molar-refractivity contribution in [2.45, 2.75) is 43.9 Å². The lowest BCUT2D eigenvalue weighted by Crippen LogP contribution is -2.42. The van der Waals surface area contributed by atoms with E-state index in [4.69, 9.17) is 4.74 Å². The van der Waals surface area contributed by atoms with Gasteiger partial charge in [-0.15, -0.1) is 10.2 Å². The average molecular weight is 405 g/mol. The van der Waals surface area contributed by atoms with Crippen LogP contribution in [-0.2, 0) is 0 Å². The molecule has 0 aliphatic carbocycles. The molecule has 0 radical (unpaired) electrons. The van der Waals surface area contributed by atoms with Gasteiger partial charge in [-0.2, -0.15) is 10.2 Å². The molecule has 30 heavy (non-hydrogen) atoms. The van der Waals surface area contributed by atoms with E-state index < -0.39 is 0 Å². The summed E-state index contributed by atoms with van der Waals surface area (Å²) in [6.07, 6.45) is 9.44. The minimum atomic E-state index is -0.368. The molecule has 5 heterocycles. The molecule has 3 N–H and O–H groups in total. The first kappa shape index (κ1) is 17.5. The molecule has 2 aliphatic heterocycles. The van der Waals surface area contributed by atoms with E-state index in [0.717, 1.165) is 12.8 Å². The van der Waals surface area contributed by atoms with Gasteiger partial charge in [0.1, 0.15) is 11.9 Å². The maximum Gasteiger partial charge on any atom is 0.233 e. The van der Waals surface area contributed by atoms with E-state index in [2.05, 4.69) is 35.9 Å². The molecule has 2 fully saturated rings. The molecular formula is C21H20FN7O. The summed E-state index contributed by atoms with van der Waals surface area (Å²) >= 11 is 0. The first-order valence-corrected chi connectivity index (χ1v) is 10.2. The summed E-state index contributed by atoms with van der Waals surface area (Å²) in [4.78, 5) is 0. The first-order valence-electron chi connectivity index (χ1n) is 10.2. The number of nitrogens with zero attached hydrogens (tertiary/aromatic N) is 4. The fourth-order valence-electron chi connectivity index (χ4n) is 4.76. The molecular weight excluding hydrogens is 385 g/mol. The third kappa shape index (κ3) is 2.93. The number of rotatable bonds is 4. The third-order valence-corrected chi connectivity index (χ3v) is 6.11. The average Bonchev–Trinajstić information content (AvgIpc) is 3.50. The van der Waals surface area contributed by atoms with E-state index >= 15 is 4.39 Å². The van der Waals surface area contributed by atoms with Crippen LogP contribution in [0.1, 0.15) is 25.7 Å². The highest BCUT2D eigenvalue weighted by molar-refractivity contribution is 6.02. The third-order valence-electron chi connectivity index (χ3n) is 6.11. The molecule has 2 aliphatic rings. The molecule has 9 heteroatoms. The van der Waals surface area contributed by atoms with Crippen molar-refractivity contribution in [3.05, 3.63) is 42.6 Å². The van der Waals surface area contributed by atoms with Crippen LogP contribution in [0.4, 0.5) is 4.39 Å². The van der Waals surface area contributed by atoms with E-state index in [1.54, 1.807) is 24.7 Å².